The minimum absolute atomic E-state index is 0.266. The van der Waals surface area contributed by atoms with Crippen LogP contribution < -0.4 is 5.32 Å². The Bertz CT molecular complexity index is 740. The Kier molecular flexibility index (Phi) is 4.01. The minimum atomic E-state index is -0.266. The molecule has 0 atom stereocenters. The van der Waals surface area contributed by atoms with Crippen molar-refractivity contribution in [1.29, 1.82) is 0 Å². The lowest BCUT2D eigenvalue weighted by atomic mass is 10.3. The second-order valence-corrected chi connectivity index (χ2v) is 5.47. The third-order valence-electron chi connectivity index (χ3n) is 3.07. The predicted molar refractivity (Wildman–Crippen MR) is 85.0 cm³/mol. The fourth-order valence-corrected chi connectivity index (χ4v) is 2.36. The van der Waals surface area contributed by atoms with Gasteiger partial charge >= 0.3 is 0 Å². The molecule has 2 aromatic carbocycles. The Hall–Kier alpha value is -2.14. The molecule has 3 nitrogen and oxygen atoms in total. The molecule has 0 radical (unpaired) electrons. The van der Waals surface area contributed by atoms with Crippen molar-refractivity contribution in [2.24, 2.45) is 0 Å². The van der Waals surface area contributed by atoms with E-state index in [2.05, 4.69) is 26.3 Å². The van der Waals surface area contributed by atoms with Crippen LogP contribution in [-0.4, -0.2) is 9.78 Å². The summed E-state index contributed by atoms with van der Waals surface area (Å²) in [5.74, 6) is -0.266. The number of nitrogens with one attached hydrogen (secondary N) is 1. The Balaban J connectivity index is 1.69. The topological polar surface area (TPSA) is 29.9 Å². The summed E-state index contributed by atoms with van der Waals surface area (Å²) < 4.78 is 15.4. The van der Waals surface area contributed by atoms with Crippen molar-refractivity contribution in [1.82, 2.24) is 9.78 Å². The van der Waals surface area contributed by atoms with Gasteiger partial charge in [0.05, 0.1) is 16.4 Å². The fraction of sp³-hybridized carbons (Fsp3) is 0.0625. The number of halogens is 2. The van der Waals surface area contributed by atoms with Gasteiger partial charge in [0, 0.05) is 24.0 Å². The molecular formula is C16H13BrFN3. The first-order valence-corrected chi connectivity index (χ1v) is 7.29. The van der Waals surface area contributed by atoms with E-state index in [4.69, 9.17) is 0 Å². The summed E-state index contributed by atoms with van der Waals surface area (Å²) in [5.41, 5.74) is 2.93. The Morgan fingerprint density at radius 1 is 1.14 bits per heavy atom. The molecule has 0 amide bonds. The van der Waals surface area contributed by atoms with E-state index in [9.17, 15) is 4.39 Å². The van der Waals surface area contributed by atoms with Gasteiger partial charge in [0.15, 0.2) is 0 Å². The molecule has 0 unspecified atom stereocenters. The summed E-state index contributed by atoms with van der Waals surface area (Å²) in [6.45, 7) is 0.630. The molecule has 3 aromatic rings. The number of hydrogen-bond acceptors (Lipinski definition) is 2. The van der Waals surface area contributed by atoms with Crippen LogP contribution in [0, 0.1) is 5.82 Å². The summed E-state index contributed by atoms with van der Waals surface area (Å²) in [6, 6.07) is 14.8. The second-order valence-electron chi connectivity index (χ2n) is 4.61. The Morgan fingerprint density at radius 3 is 2.71 bits per heavy atom. The Morgan fingerprint density at radius 2 is 1.95 bits per heavy atom. The highest BCUT2D eigenvalue weighted by Crippen LogP contribution is 2.20. The zero-order chi connectivity index (χ0) is 14.7. The van der Waals surface area contributed by atoms with Crippen molar-refractivity contribution in [3.8, 4) is 5.69 Å². The average molecular weight is 346 g/mol. The molecule has 0 saturated carbocycles. The van der Waals surface area contributed by atoms with Gasteiger partial charge < -0.3 is 5.32 Å². The first-order chi connectivity index (χ1) is 10.2. The summed E-state index contributed by atoms with van der Waals surface area (Å²) in [7, 11) is 0. The van der Waals surface area contributed by atoms with Gasteiger partial charge in [-0.3, -0.25) is 0 Å². The van der Waals surface area contributed by atoms with E-state index in [-0.39, 0.29) is 5.82 Å². The zero-order valence-electron chi connectivity index (χ0n) is 11.1. The smallest absolute Gasteiger partial charge is 0.137 e. The van der Waals surface area contributed by atoms with Crippen molar-refractivity contribution in [3.05, 3.63) is 76.8 Å². The van der Waals surface area contributed by atoms with Gasteiger partial charge in [-0.25, -0.2) is 9.07 Å². The van der Waals surface area contributed by atoms with Gasteiger partial charge in [-0.15, -0.1) is 0 Å². The molecule has 0 fully saturated rings. The van der Waals surface area contributed by atoms with Gasteiger partial charge in [-0.2, -0.15) is 5.10 Å². The molecule has 0 aliphatic heterocycles. The van der Waals surface area contributed by atoms with Gasteiger partial charge in [-0.1, -0.05) is 18.2 Å². The first-order valence-electron chi connectivity index (χ1n) is 6.50. The second kappa shape index (κ2) is 6.10. The third-order valence-corrected chi connectivity index (χ3v) is 3.68. The number of hydrogen-bond donors (Lipinski definition) is 1. The number of nitrogens with zero attached hydrogens (tertiary/aromatic N) is 2. The van der Waals surface area contributed by atoms with E-state index in [0.29, 0.717) is 11.0 Å². The molecule has 1 aromatic heterocycles. The molecule has 0 saturated heterocycles. The van der Waals surface area contributed by atoms with E-state index in [0.717, 1.165) is 16.9 Å². The van der Waals surface area contributed by atoms with Crippen molar-refractivity contribution in [3.63, 3.8) is 0 Å². The fourth-order valence-electron chi connectivity index (χ4n) is 1.98. The van der Waals surface area contributed by atoms with Crippen molar-refractivity contribution < 1.29 is 4.39 Å². The minimum Gasteiger partial charge on any atom is -0.381 e. The molecule has 0 aliphatic rings. The number of aromatic nitrogens is 2. The highest BCUT2D eigenvalue weighted by atomic mass is 79.9. The third kappa shape index (κ3) is 3.31. The van der Waals surface area contributed by atoms with Gasteiger partial charge in [-0.05, 0) is 46.3 Å². The molecule has 0 aliphatic carbocycles. The summed E-state index contributed by atoms with van der Waals surface area (Å²) in [6.07, 6.45) is 3.79. The number of para-hydroxylation sites is 1. The van der Waals surface area contributed by atoms with Crippen LogP contribution >= 0.6 is 15.9 Å². The molecular weight excluding hydrogens is 333 g/mol. The van der Waals surface area contributed by atoms with E-state index < -0.39 is 0 Å². The zero-order valence-corrected chi connectivity index (χ0v) is 12.7. The normalized spacial score (nSPS) is 10.6. The molecule has 1 N–H and O–H groups in total. The molecule has 5 heteroatoms. The highest BCUT2D eigenvalue weighted by Gasteiger charge is 2.03. The molecule has 0 bridgehead atoms. The van der Waals surface area contributed by atoms with Crippen molar-refractivity contribution in [2.45, 2.75) is 6.54 Å². The lowest BCUT2D eigenvalue weighted by molar-refractivity contribution is 0.621. The van der Waals surface area contributed by atoms with Crippen LogP contribution in [0.2, 0.25) is 0 Å². The Labute approximate surface area is 130 Å². The van der Waals surface area contributed by atoms with Crippen LogP contribution in [0.3, 0.4) is 0 Å². The first kappa shape index (κ1) is 13.8. The summed E-state index contributed by atoms with van der Waals surface area (Å²) >= 11 is 3.18. The van der Waals surface area contributed by atoms with Crippen LogP contribution in [0.4, 0.5) is 10.1 Å². The van der Waals surface area contributed by atoms with Crippen molar-refractivity contribution >= 4 is 21.6 Å². The lowest BCUT2D eigenvalue weighted by Crippen LogP contribution is -1.99. The molecule has 1 heterocycles. The van der Waals surface area contributed by atoms with Crippen LogP contribution in [-0.2, 0) is 6.54 Å². The summed E-state index contributed by atoms with van der Waals surface area (Å²) in [4.78, 5) is 0. The standard InChI is InChI=1S/C16H13BrFN3/c17-15-8-13(6-7-16(15)18)19-9-12-10-20-21(11-12)14-4-2-1-3-5-14/h1-8,10-11,19H,9H2. The van der Waals surface area contributed by atoms with Gasteiger partial charge in [0.25, 0.3) is 0 Å². The van der Waals surface area contributed by atoms with E-state index in [1.54, 1.807) is 12.1 Å². The maximum Gasteiger partial charge on any atom is 0.137 e. The number of anilines is 1. The summed E-state index contributed by atoms with van der Waals surface area (Å²) in [5, 5.41) is 7.58. The van der Waals surface area contributed by atoms with E-state index >= 15 is 0 Å². The van der Waals surface area contributed by atoms with Crippen LogP contribution in [0.1, 0.15) is 5.56 Å². The molecule has 106 valence electrons. The van der Waals surface area contributed by atoms with E-state index in [1.165, 1.54) is 6.07 Å². The average Bonchev–Trinajstić information content (AvgIpc) is 2.98. The molecule has 3 rings (SSSR count). The number of benzene rings is 2. The predicted octanol–water partition coefficient (Wildman–Crippen LogP) is 4.39. The highest BCUT2D eigenvalue weighted by molar-refractivity contribution is 9.10. The quantitative estimate of drug-likeness (QED) is 0.760. The number of rotatable bonds is 4. The van der Waals surface area contributed by atoms with Crippen LogP contribution in [0.15, 0.2) is 65.4 Å². The van der Waals surface area contributed by atoms with Gasteiger partial charge in [0.2, 0.25) is 0 Å². The lowest BCUT2D eigenvalue weighted by Gasteiger charge is -2.05. The maximum atomic E-state index is 13.2. The maximum absolute atomic E-state index is 13.2. The largest absolute Gasteiger partial charge is 0.381 e. The van der Waals surface area contributed by atoms with Crippen molar-refractivity contribution in [2.75, 3.05) is 5.32 Å². The van der Waals surface area contributed by atoms with E-state index in [1.807, 2.05) is 47.4 Å². The van der Waals surface area contributed by atoms with Gasteiger partial charge in [0.1, 0.15) is 5.82 Å². The molecule has 0 spiro atoms. The van der Waals surface area contributed by atoms with Crippen LogP contribution in [0.25, 0.3) is 5.69 Å². The SMILES string of the molecule is Fc1ccc(NCc2cnn(-c3ccccc3)c2)cc1Br. The molecule has 21 heavy (non-hydrogen) atoms. The van der Waals surface area contributed by atoms with Crippen LogP contribution in [0.5, 0.6) is 0 Å². The monoisotopic (exact) mass is 345 g/mol.